The Bertz CT molecular complexity index is 1340. The van der Waals surface area contributed by atoms with E-state index in [1.54, 1.807) is 42.1 Å². The SMILES string of the molecule is CSCC[C@@H](NC(=O)c1ccccc1)c1nc2ccccc2n1CC(=O)Nc1ccc(Cl)c(Cl)c1. The van der Waals surface area contributed by atoms with Crippen LogP contribution in [0.3, 0.4) is 0 Å². The van der Waals surface area contributed by atoms with Gasteiger partial charge in [-0.15, -0.1) is 0 Å². The zero-order valence-electron chi connectivity index (χ0n) is 19.0. The Morgan fingerprint density at radius 3 is 2.49 bits per heavy atom. The van der Waals surface area contributed by atoms with Gasteiger partial charge in [-0.3, -0.25) is 9.59 Å². The highest BCUT2D eigenvalue weighted by atomic mass is 35.5. The lowest BCUT2D eigenvalue weighted by Gasteiger charge is -2.20. The van der Waals surface area contributed by atoms with E-state index in [-0.39, 0.29) is 24.4 Å². The summed E-state index contributed by atoms with van der Waals surface area (Å²) < 4.78 is 1.86. The van der Waals surface area contributed by atoms with Crippen LogP contribution < -0.4 is 10.6 Å². The van der Waals surface area contributed by atoms with Gasteiger partial charge in [-0.2, -0.15) is 11.8 Å². The van der Waals surface area contributed by atoms with E-state index in [4.69, 9.17) is 28.2 Å². The monoisotopic (exact) mass is 526 g/mol. The molecular weight excluding hydrogens is 503 g/mol. The number of rotatable bonds is 9. The van der Waals surface area contributed by atoms with Crippen LogP contribution in [0.5, 0.6) is 0 Å². The van der Waals surface area contributed by atoms with Crippen molar-refractivity contribution in [3.8, 4) is 0 Å². The number of carbonyl (C=O) groups excluding carboxylic acids is 2. The lowest BCUT2D eigenvalue weighted by atomic mass is 10.1. The number of hydrogen-bond acceptors (Lipinski definition) is 4. The van der Waals surface area contributed by atoms with Crippen LogP contribution in [0.4, 0.5) is 5.69 Å². The standard InChI is InChI=1S/C26H24Cl2N4O2S/c1-35-14-13-22(31-26(34)17-7-3-2-4-8-17)25-30-21-9-5-6-10-23(21)32(25)16-24(33)29-18-11-12-19(27)20(28)15-18/h2-12,15,22H,13-14,16H2,1H3,(H,29,33)(H,31,34)/t22-/m1/s1. The van der Waals surface area contributed by atoms with Crippen LogP contribution in [-0.2, 0) is 11.3 Å². The quantitative estimate of drug-likeness (QED) is 0.272. The van der Waals surface area contributed by atoms with Crippen molar-refractivity contribution < 1.29 is 9.59 Å². The maximum absolute atomic E-state index is 13.0. The number of thioether (sulfide) groups is 1. The molecule has 6 nitrogen and oxygen atoms in total. The first-order valence-electron chi connectivity index (χ1n) is 11.0. The second kappa shape index (κ2) is 11.6. The predicted octanol–water partition coefficient (Wildman–Crippen LogP) is 6.21. The highest BCUT2D eigenvalue weighted by molar-refractivity contribution is 7.98. The van der Waals surface area contributed by atoms with E-state index in [1.807, 2.05) is 53.3 Å². The van der Waals surface area contributed by atoms with E-state index in [2.05, 4.69) is 10.6 Å². The normalized spacial score (nSPS) is 11.9. The summed E-state index contributed by atoms with van der Waals surface area (Å²) in [5.41, 5.74) is 2.69. The van der Waals surface area contributed by atoms with Gasteiger partial charge in [0.2, 0.25) is 5.91 Å². The van der Waals surface area contributed by atoms with Crippen LogP contribution in [0.25, 0.3) is 11.0 Å². The Morgan fingerprint density at radius 2 is 1.74 bits per heavy atom. The van der Waals surface area contributed by atoms with Gasteiger partial charge in [0.25, 0.3) is 5.91 Å². The van der Waals surface area contributed by atoms with Gasteiger partial charge in [0.15, 0.2) is 0 Å². The number of para-hydroxylation sites is 2. The van der Waals surface area contributed by atoms with Crippen molar-refractivity contribution in [1.29, 1.82) is 0 Å². The van der Waals surface area contributed by atoms with Crippen LogP contribution in [0.15, 0.2) is 72.8 Å². The van der Waals surface area contributed by atoms with Gasteiger partial charge in [0.1, 0.15) is 12.4 Å². The lowest BCUT2D eigenvalue weighted by molar-refractivity contribution is -0.116. The Morgan fingerprint density at radius 1 is 1.00 bits per heavy atom. The Kier molecular flexibility index (Phi) is 8.33. The molecule has 3 aromatic carbocycles. The van der Waals surface area contributed by atoms with E-state index in [0.29, 0.717) is 33.5 Å². The molecule has 180 valence electrons. The van der Waals surface area contributed by atoms with Crippen molar-refractivity contribution in [2.75, 3.05) is 17.3 Å². The van der Waals surface area contributed by atoms with Crippen LogP contribution >= 0.6 is 35.0 Å². The van der Waals surface area contributed by atoms with Crippen molar-refractivity contribution in [2.45, 2.75) is 19.0 Å². The molecule has 0 unspecified atom stereocenters. The van der Waals surface area contributed by atoms with Crippen molar-refractivity contribution >= 4 is 63.5 Å². The molecule has 1 heterocycles. The average Bonchev–Trinajstić information content (AvgIpc) is 3.22. The molecule has 0 saturated heterocycles. The van der Waals surface area contributed by atoms with Gasteiger partial charge in [-0.25, -0.2) is 4.98 Å². The third-order valence-corrected chi connectivity index (χ3v) is 6.84. The number of carbonyl (C=O) groups is 2. The van der Waals surface area contributed by atoms with E-state index >= 15 is 0 Å². The average molecular weight is 527 g/mol. The molecule has 0 fully saturated rings. The van der Waals surface area contributed by atoms with Gasteiger partial charge in [0.05, 0.1) is 27.1 Å². The smallest absolute Gasteiger partial charge is 0.251 e. The summed E-state index contributed by atoms with van der Waals surface area (Å²) in [4.78, 5) is 30.8. The van der Waals surface area contributed by atoms with Crippen LogP contribution in [0, 0.1) is 0 Å². The Labute approximate surface area is 218 Å². The number of benzene rings is 3. The van der Waals surface area contributed by atoms with Crippen LogP contribution in [-0.4, -0.2) is 33.4 Å². The molecule has 0 spiro atoms. The van der Waals surface area contributed by atoms with E-state index < -0.39 is 0 Å². The summed E-state index contributed by atoms with van der Waals surface area (Å²) in [5.74, 6) is 1.02. The fourth-order valence-electron chi connectivity index (χ4n) is 3.78. The lowest BCUT2D eigenvalue weighted by Crippen LogP contribution is -2.32. The summed E-state index contributed by atoms with van der Waals surface area (Å²) in [5, 5.41) is 6.77. The summed E-state index contributed by atoms with van der Waals surface area (Å²) in [6.07, 6.45) is 2.68. The number of fused-ring (bicyclic) bond motifs is 1. The maximum atomic E-state index is 13.0. The molecule has 2 N–H and O–H groups in total. The van der Waals surface area contributed by atoms with Gasteiger partial charge in [-0.05, 0) is 60.9 Å². The number of aromatic nitrogens is 2. The minimum absolute atomic E-state index is 0.0209. The predicted molar refractivity (Wildman–Crippen MR) is 144 cm³/mol. The molecule has 2 amide bonds. The fourth-order valence-corrected chi connectivity index (χ4v) is 4.55. The summed E-state index contributed by atoms with van der Waals surface area (Å²) in [6.45, 7) is 0.0209. The summed E-state index contributed by atoms with van der Waals surface area (Å²) in [6, 6.07) is 21.3. The fraction of sp³-hybridized carbons (Fsp3) is 0.192. The number of imidazole rings is 1. The van der Waals surface area contributed by atoms with Crippen molar-refractivity contribution in [3.63, 3.8) is 0 Å². The highest BCUT2D eigenvalue weighted by Crippen LogP contribution is 2.27. The number of halogens is 2. The number of hydrogen-bond donors (Lipinski definition) is 2. The first kappa shape index (κ1) is 25.1. The zero-order valence-corrected chi connectivity index (χ0v) is 21.3. The molecule has 0 aliphatic heterocycles. The topological polar surface area (TPSA) is 76.0 Å². The minimum Gasteiger partial charge on any atom is -0.342 e. The highest BCUT2D eigenvalue weighted by Gasteiger charge is 2.24. The maximum Gasteiger partial charge on any atom is 0.251 e. The first-order valence-corrected chi connectivity index (χ1v) is 13.2. The van der Waals surface area contributed by atoms with E-state index in [9.17, 15) is 9.59 Å². The molecule has 4 rings (SSSR count). The minimum atomic E-state index is -0.375. The second-order valence-corrected chi connectivity index (χ2v) is 9.70. The van der Waals surface area contributed by atoms with Crippen molar-refractivity contribution in [2.24, 2.45) is 0 Å². The van der Waals surface area contributed by atoms with Crippen molar-refractivity contribution in [3.05, 3.63) is 94.2 Å². The molecule has 0 radical (unpaired) electrons. The molecule has 0 bridgehead atoms. The van der Waals surface area contributed by atoms with Gasteiger partial charge in [-0.1, -0.05) is 53.5 Å². The number of nitrogens with zero attached hydrogens (tertiary/aromatic N) is 2. The van der Waals surface area contributed by atoms with Crippen LogP contribution in [0.1, 0.15) is 28.6 Å². The molecule has 1 aromatic heterocycles. The number of amides is 2. The molecular formula is C26H24Cl2N4O2S. The first-order chi connectivity index (χ1) is 17.0. The van der Waals surface area contributed by atoms with E-state index in [0.717, 1.165) is 16.8 Å². The zero-order chi connectivity index (χ0) is 24.8. The van der Waals surface area contributed by atoms with Gasteiger partial charge in [0, 0.05) is 11.3 Å². The largest absolute Gasteiger partial charge is 0.342 e. The molecule has 1 atom stereocenters. The van der Waals surface area contributed by atoms with E-state index in [1.165, 1.54) is 0 Å². The van der Waals surface area contributed by atoms with Gasteiger partial charge < -0.3 is 15.2 Å². The number of nitrogens with one attached hydrogen (secondary N) is 2. The summed E-state index contributed by atoms with van der Waals surface area (Å²) >= 11 is 13.8. The van der Waals surface area contributed by atoms with Crippen LogP contribution in [0.2, 0.25) is 10.0 Å². The second-order valence-electron chi connectivity index (χ2n) is 7.90. The molecule has 9 heteroatoms. The molecule has 0 saturated carbocycles. The number of anilines is 1. The summed E-state index contributed by atoms with van der Waals surface area (Å²) in [7, 11) is 0. The molecule has 4 aromatic rings. The van der Waals surface area contributed by atoms with Gasteiger partial charge >= 0.3 is 0 Å². The molecule has 0 aliphatic carbocycles. The van der Waals surface area contributed by atoms with Crippen molar-refractivity contribution in [1.82, 2.24) is 14.9 Å². The molecule has 0 aliphatic rings. The molecule has 35 heavy (non-hydrogen) atoms. The third-order valence-electron chi connectivity index (χ3n) is 5.45. The third kappa shape index (κ3) is 6.17. The Hall–Kier alpha value is -3.00. The Balaban J connectivity index is 1.65.